The summed E-state index contributed by atoms with van der Waals surface area (Å²) in [6.07, 6.45) is 1.96. The highest BCUT2D eigenvalue weighted by atomic mass is 35.5. The molecule has 0 radical (unpaired) electrons. The first-order valence-electron chi connectivity index (χ1n) is 4.25. The Kier molecular flexibility index (Phi) is 3.48. The molecule has 0 aliphatic carbocycles. The number of aromatic hydroxyl groups is 1. The standard InChI is InChI=1S/C11H8N2O.ClH/c12-6-5-8-3-4-10(14)11-9(8)2-1-7-13-11;/h1-4,7,14H,5H2;1H. The van der Waals surface area contributed by atoms with Gasteiger partial charge in [0.05, 0.1) is 12.5 Å². The Hall–Kier alpha value is -1.79. The monoisotopic (exact) mass is 220 g/mol. The topological polar surface area (TPSA) is 56.9 Å². The number of halogens is 1. The number of benzene rings is 1. The van der Waals surface area contributed by atoms with Crippen LogP contribution >= 0.6 is 12.4 Å². The summed E-state index contributed by atoms with van der Waals surface area (Å²) in [6, 6.07) is 9.06. The molecule has 3 nitrogen and oxygen atoms in total. The number of rotatable bonds is 1. The molecule has 1 aromatic carbocycles. The molecule has 1 heterocycles. The molecule has 0 aliphatic rings. The molecule has 15 heavy (non-hydrogen) atoms. The van der Waals surface area contributed by atoms with E-state index in [1.807, 2.05) is 6.07 Å². The van der Waals surface area contributed by atoms with Gasteiger partial charge in [0.2, 0.25) is 0 Å². The minimum atomic E-state index is 0. The van der Waals surface area contributed by atoms with Gasteiger partial charge in [0.25, 0.3) is 0 Å². The van der Waals surface area contributed by atoms with Crippen LogP contribution in [0.15, 0.2) is 30.5 Å². The summed E-state index contributed by atoms with van der Waals surface area (Å²) in [5.74, 6) is 0.155. The largest absolute Gasteiger partial charge is 0.506 e. The number of hydrogen-bond donors (Lipinski definition) is 1. The number of hydrogen-bond acceptors (Lipinski definition) is 3. The molecule has 0 fully saturated rings. The predicted octanol–water partition coefficient (Wildman–Crippen LogP) is 2.43. The van der Waals surface area contributed by atoms with E-state index >= 15 is 0 Å². The Morgan fingerprint density at radius 1 is 1.33 bits per heavy atom. The molecule has 4 heteroatoms. The van der Waals surface area contributed by atoms with Crippen molar-refractivity contribution in [3.63, 3.8) is 0 Å². The van der Waals surface area contributed by atoms with E-state index in [4.69, 9.17) is 5.26 Å². The maximum atomic E-state index is 9.52. The average Bonchev–Trinajstić information content (AvgIpc) is 2.23. The van der Waals surface area contributed by atoms with Crippen LogP contribution in [0.2, 0.25) is 0 Å². The second-order valence-corrected chi connectivity index (χ2v) is 2.98. The highest BCUT2D eigenvalue weighted by Gasteiger charge is 2.04. The number of phenols is 1. The second kappa shape index (κ2) is 4.63. The third-order valence-electron chi connectivity index (χ3n) is 2.11. The summed E-state index contributed by atoms with van der Waals surface area (Å²) < 4.78 is 0. The van der Waals surface area contributed by atoms with Gasteiger partial charge >= 0.3 is 0 Å². The van der Waals surface area contributed by atoms with Crippen molar-refractivity contribution in [1.29, 1.82) is 5.26 Å². The number of fused-ring (bicyclic) bond motifs is 1. The van der Waals surface area contributed by atoms with Crippen LogP contribution in [0.5, 0.6) is 5.75 Å². The molecular weight excluding hydrogens is 212 g/mol. The van der Waals surface area contributed by atoms with E-state index in [-0.39, 0.29) is 18.2 Å². The highest BCUT2D eigenvalue weighted by Crippen LogP contribution is 2.25. The first-order valence-corrected chi connectivity index (χ1v) is 4.25. The molecule has 0 amide bonds. The Morgan fingerprint density at radius 2 is 2.13 bits per heavy atom. The molecule has 0 aliphatic heterocycles. The third kappa shape index (κ3) is 2.00. The Bertz CT molecular complexity index is 519. The van der Waals surface area contributed by atoms with Crippen LogP contribution in [0, 0.1) is 11.3 Å². The summed E-state index contributed by atoms with van der Waals surface area (Å²) in [5.41, 5.74) is 1.45. The molecular formula is C11H9ClN2O. The van der Waals surface area contributed by atoms with E-state index in [2.05, 4.69) is 11.1 Å². The van der Waals surface area contributed by atoms with Gasteiger partial charge in [0.1, 0.15) is 11.3 Å². The first kappa shape index (κ1) is 11.3. The van der Waals surface area contributed by atoms with Crippen molar-refractivity contribution in [2.45, 2.75) is 6.42 Å². The van der Waals surface area contributed by atoms with Gasteiger partial charge in [0.15, 0.2) is 0 Å². The van der Waals surface area contributed by atoms with Crippen molar-refractivity contribution >= 4 is 23.3 Å². The molecule has 2 aromatic rings. The Labute approximate surface area is 93.4 Å². The van der Waals surface area contributed by atoms with Gasteiger partial charge < -0.3 is 5.11 Å². The van der Waals surface area contributed by atoms with Crippen LogP contribution in [0.3, 0.4) is 0 Å². The summed E-state index contributed by atoms with van der Waals surface area (Å²) in [7, 11) is 0. The van der Waals surface area contributed by atoms with Gasteiger partial charge in [-0.2, -0.15) is 5.26 Å². The fourth-order valence-corrected chi connectivity index (χ4v) is 1.46. The third-order valence-corrected chi connectivity index (χ3v) is 2.11. The molecule has 76 valence electrons. The van der Waals surface area contributed by atoms with Gasteiger partial charge in [-0.3, -0.25) is 4.98 Å². The molecule has 0 spiro atoms. The quantitative estimate of drug-likeness (QED) is 0.803. The lowest BCUT2D eigenvalue weighted by molar-refractivity contribution is 0.480. The molecule has 0 saturated heterocycles. The number of nitriles is 1. The van der Waals surface area contributed by atoms with Crippen LogP contribution in [0.4, 0.5) is 0 Å². The number of aromatic nitrogens is 1. The van der Waals surface area contributed by atoms with Crippen molar-refractivity contribution < 1.29 is 5.11 Å². The van der Waals surface area contributed by atoms with Crippen LogP contribution in [0.25, 0.3) is 10.9 Å². The summed E-state index contributed by atoms with van der Waals surface area (Å²) >= 11 is 0. The lowest BCUT2D eigenvalue weighted by Crippen LogP contribution is -1.86. The molecule has 2 rings (SSSR count). The number of pyridine rings is 1. The van der Waals surface area contributed by atoms with E-state index in [0.717, 1.165) is 10.9 Å². The van der Waals surface area contributed by atoms with Crippen LogP contribution in [-0.2, 0) is 6.42 Å². The van der Waals surface area contributed by atoms with E-state index in [9.17, 15) is 5.11 Å². The molecule has 1 aromatic heterocycles. The summed E-state index contributed by atoms with van der Waals surface area (Å²) in [6.45, 7) is 0. The zero-order chi connectivity index (χ0) is 9.97. The van der Waals surface area contributed by atoms with Crippen molar-refractivity contribution in [3.8, 4) is 11.8 Å². The minimum Gasteiger partial charge on any atom is -0.506 e. The summed E-state index contributed by atoms with van der Waals surface area (Å²) in [4.78, 5) is 4.06. The zero-order valence-corrected chi connectivity index (χ0v) is 8.66. The van der Waals surface area contributed by atoms with Crippen LogP contribution < -0.4 is 0 Å². The van der Waals surface area contributed by atoms with Crippen molar-refractivity contribution in [2.24, 2.45) is 0 Å². The molecule has 0 bridgehead atoms. The molecule has 0 saturated carbocycles. The SMILES string of the molecule is Cl.N#CCc1ccc(O)c2ncccc12. The predicted molar refractivity (Wildman–Crippen MR) is 60.0 cm³/mol. The van der Waals surface area contributed by atoms with E-state index in [0.29, 0.717) is 11.9 Å². The Morgan fingerprint density at radius 3 is 2.87 bits per heavy atom. The fourth-order valence-electron chi connectivity index (χ4n) is 1.46. The zero-order valence-electron chi connectivity index (χ0n) is 7.84. The van der Waals surface area contributed by atoms with Crippen molar-refractivity contribution in [1.82, 2.24) is 4.98 Å². The van der Waals surface area contributed by atoms with E-state index in [1.54, 1.807) is 24.4 Å². The van der Waals surface area contributed by atoms with E-state index < -0.39 is 0 Å². The highest BCUT2D eigenvalue weighted by molar-refractivity contribution is 5.87. The Balaban J connectivity index is 0.00000112. The molecule has 1 N–H and O–H groups in total. The second-order valence-electron chi connectivity index (χ2n) is 2.98. The lowest BCUT2D eigenvalue weighted by Gasteiger charge is -2.03. The number of phenolic OH excluding ortho intramolecular Hbond substituents is 1. The fraction of sp³-hybridized carbons (Fsp3) is 0.0909. The van der Waals surface area contributed by atoms with Crippen molar-refractivity contribution in [3.05, 3.63) is 36.0 Å². The van der Waals surface area contributed by atoms with E-state index in [1.165, 1.54) is 0 Å². The van der Waals surface area contributed by atoms with Gasteiger partial charge in [-0.1, -0.05) is 12.1 Å². The van der Waals surface area contributed by atoms with Crippen LogP contribution in [-0.4, -0.2) is 10.1 Å². The maximum Gasteiger partial charge on any atom is 0.141 e. The average molecular weight is 221 g/mol. The van der Waals surface area contributed by atoms with Gasteiger partial charge in [0, 0.05) is 11.6 Å². The normalized spacial score (nSPS) is 9.27. The number of nitrogens with zero attached hydrogens (tertiary/aromatic N) is 2. The van der Waals surface area contributed by atoms with Crippen LogP contribution in [0.1, 0.15) is 5.56 Å². The first-order chi connectivity index (χ1) is 6.83. The maximum absolute atomic E-state index is 9.52. The van der Waals surface area contributed by atoms with Crippen molar-refractivity contribution in [2.75, 3.05) is 0 Å². The van der Waals surface area contributed by atoms with Gasteiger partial charge in [-0.25, -0.2) is 0 Å². The lowest BCUT2D eigenvalue weighted by atomic mass is 10.1. The summed E-state index contributed by atoms with van der Waals surface area (Å²) in [5, 5.41) is 19.0. The minimum absolute atomic E-state index is 0. The van der Waals surface area contributed by atoms with Gasteiger partial charge in [-0.15, -0.1) is 12.4 Å². The molecule has 0 atom stereocenters. The van der Waals surface area contributed by atoms with Gasteiger partial charge in [-0.05, 0) is 17.7 Å². The molecule has 0 unspecified atom stereocenters. The smallest absolute Gasteiger partial charge is 0.141 e.